The van der Waals surface area contributed by atoms with Crippen LogP contribution in [0.5, 0.6) is 0 Å². The monoisotopic (exact) mass is 302 g/mol. The Kier molecular flexibility index (Phi) is 5.22. The molecule has 1 aromatic rings. The Balaban J connectivity index is 2.09. The largest absolute Gasteiger partial charge is 0.353 e. The molecule has 22 heavy (non-hydrogen) atoms. The lowest BCUT2D eigenvalue weighted by Crippen LogP contribution is -2.38. The highest BCUT2D eigenvalue weighted by Crippen LogP contribution is 2.28. The minimum Gasteiger partial charge on any atom is -0.353 e. The SMILES string of the molecule is CC[C@@H](C)NC(=O)[C@@H]1CC(=O)N(c2cccc(C(C)C)c2)C1. The fraction of sp³-hybridized carbons (Fsp3) is 0.556. The topological polar surface area (TPSA) is 49.4 Å². The van der Waals surface area contributed by atoms with Crippen LogP contribution in [0.3, 0.4) is 0 Å². The van der Waals surface area contributed by atoms with Crippen molar-refractivity contribution in [3.05, 3.63) is 29.8 Å². The van der Waals surface area contributed by atoms with Crippen molar-refractivity contribution in [1.82, 2.24) is 5.32 Å². The molecule has 2 atom stereocenters. The van der Waals surface area contributed by atoms with E-state index in [9.17, 15) is 9.59 Å². The van der Waals surface area contributed by atoms with Crippen LogP contribution < -0.4 is 10.2 Å². The first kappa shape index (κ1) is 16.5. The molecule has 1 fully saturated rings. The maximum Gasteiger partial charge on any atom is 0.227 e. The molecule has 0 radical (unpaired) electrons. The summed E-state index contributed by atoms with van der Waals surface area (Å²) in [5.41, 5.74) is 2.10. The van der Waals surface area contributed by atoms with E-state index in [0.29, 0.717) is 18.9 Å². The average Bonchev–Trinajstić information content (AvgIpc) is 2.89. The lowest BCUT2D eigenvalue weighted by atomic mass is 10.0. The van der Waals surface area contributed by atoms with Gasteiger partial charge in [0, 0.05) is 24.7 Å². The van der Waals surface area contributed by atoms with E-state index in [1.807, 2.05) is 26.0 Å². The third kappa shape index (κ3) is 3.67. The van der Waals surface area contributed by atoms with E-state index in [1.165, 1.54) is 5.56 Å². The zero-order valence-electron chi connectivity index (χ0n) is 13.9. The highest BCUT2D eigenvalue weighted by atomic mass is 16.2. The fourth-order valence-electron chi connectivity index (χ4n) is 2.65. The van der Waals surface area contributed by atoms with Gasteiger partial charge in [-0.3, -0.25) is 9.59 Å². The van der Waals surface area contributed by atoms with Crippen LogP contribution in [-0.2, 0) is 9.59 Å². The van der Waals surface area contributed by atoms with Crippen molar-refractivity contribution in [2.75, 3.05) is 11.4 Å². The minimum atomic E-state index is -0.246. The normalized spacial score (nSPS) is 19.6. The molecule has 0 spiro atoms. The third-order valence-electron chi connectivity index (χ3n) is 4.35. The van der Waals surface area contributed by atoms with Gasteiger partial charge in [-0.05, 0) is 37.0 Å². The molecule has 0 aromatic heterocycles. The zero-order chi connectivity index (χ0) is 16.3. The number of hydrogen-bond acceptors (Lipinski definition) is 2. The predicted molar refractivity (Wildman–Crippen MR) is 88.9 cm³/mol. The summed E-state index contributed by atoms with van der Waals surface area (Å²) >= 11 is 0. The van der Waals surface area contributed by atoms with Gasteiger partial charge in [0.2, 0.25) is 11.8 Å². The summed E-state index contributed by atoms with van der Waals surface area (Å²) in [6.45, 7) is 8.76. The summed E-state index contributed by atoms with van der Waals surface area (Å²) in [4.78, 5) is 26.2. The second kappa shape index (κ2) is 6.95. The third-order valence-corrected chi connectivity index (χ3v) is 4.35. The van der Waals surface area contributed by atoms with Crippen LogP contribution >= 0.6 is 0 Å². The fourth-order valence-corrected chi connectivity index (χ4v) is 2.65. The number of anilines is 1. The standard InChI is InChI=1S/C18H26N2O2/c1-5-13(4)19-18(22)15-10-17(21)20(11-15)16-8-6-7-14(9-16)12(2)3/h6-9,12-13,15H,5,10-11H2,1-4H3,(H,19,22)/t13-,15-/m1/s1. The summed E-state index contributed by atoms with van der Waals surface area (Å²) in [5.74, 6) is 0.196. The van der Waals surface area contributed by atoms with Crippen LogP contribution in [0.25, 0.3) is 0 Å². The molecular formula is C18H26N2O2. The van der Waals surface area contributed by atoms with Crippen LogP contribution in [0.15, 0.2) is 24.3 Å². The van der Waals surface area contributed by atoms with Crippen molar-refractivity contribution in [3.8, 4) is 0 Å². The Morgan fingerprint density at radius 2 is 2.09 bits per heavy atom. The summed E-state index contributed by atoms with van der Waals surface area (Å²) in [6.07, 6.45) is 1.20. The highest BCUT2D eigenvalue weighted by molar-refractivity contribution is 6.00. The van der Waals surface area contributed by atoms with Crippen molar-refractivity contribution in [3.63, 3.8) is 0 Å². The van der Waals surface area contributed by atoms with Gasteiger partial charge >= 0.3 is 0 Å². The van der Waals surface area contributed by atoms with Gasteiger partial charge in [0.25, 0.3) is 0 Å². The molecule has 1 aromatic carbocycles. The number of nitrogens with one attached hydrogen (secondary N) is 1. The number of nitrogens with zero attached hydrogens (tertiary/aromatic N) is 1. The molecule has 2 amide bonds. The van der Waals surface area contributed by atoms with Crippen molar-refractivity contribution in [2.45, 2.75) is 52.5 Å². The van der Waals surface area contributed by atoms with Gasteiger partial charge in [0.1, 0.15) is 0 Å². The molecule has 2 rings (SSSR count). The molecule has 0 aliphatic carbocycles. The van der Waals surface area contributed by atoms with Crippen molar-refractivity contribution in [1.29, 1.82) is 0 Å². The van der Waals surface area contributed by atoms with E-state index in [1.54, 1.807) is 4.90 Å². The first-order chi connectivity index (χ1) is 10.4. The number of amides is 2. The van der Waals surface area contributed by atoms with Crippen LogP contribution in [0.4, 0.5) is 5.69 Å². The molecular weight excluding hydrogens is 276 g/mol. The Labute approximate surface area is 132 Å². The molecule has 1 saturated heterocycles. The lowest BCUT2D eigenvalue weighted by molar-refractivity contribution is -0.126. The summed E-state index contributed by atoms with van der Waals surface area (Å²) in [5, 5.41) is 2.98. The summed E-state index contributed by atoms with van der Waals surface area (Å²) in [7, 11) is 0. The Bertz CT molecular complexity index is 554. The number of rotatable bonds is 5. The molecule has 4 heteroatoms. The number of carbonyl (C=O) groups excluding carboxylic acids is 2. The van der Waals surface area contributed by atoms with Crippen molar-refractivity contribution < 1.29 is 9.59 Å². The first-order valence-electron chi connectivity index (χ1n) is 8.13. The summed E-state index contributed by atoms with van der Waals surface area (Å²) in [6, 6.07) is 8.20. The van der Waals surface area contributed by atoms with E-state index in [0.717, 1.165) is 12.1 Å². The molecule has 0 bridgehead atoms. The molecule has 1 aliphatic heterocycles. The Hall–Kier alpha value is -1.84. The van der Waals surface area contributed by atoms with E-state index in [-0.39, 0.29) is 23.8 Å². The smallest absolute Gasteiger partial charge is 0.227 e. The number of carbonyl (C=O) groups is 2. The van der Waals surface area contributed by atoms with Gasteiger partial charge in [0.05, 0.1) is 5.92 Å². The second-order valence-electron chi connectivity index (χ2n) is 6.47. The Morgan fingerprint density at radius 1 is 1.36 bits per heavy atom. The van der Waals surface area contributed by atoms with Gasteiger partial charge in [-0.25, -0.2) is 0 Å². The zero-order valence-corrected chi connectivity index (χ0v) is 13.9. The van der Waals surface area contributed by atoms with Gasteiger partial charge in [-0.15, -0.1) is 0 Å². The van der Waals surface area contributed by atoms with E-state index in [4.69, 9.17) is 0 Å². The number of hydrogen-bond donors (Lipinski definition) is 1. The van der Waals surface area contributed by atoms with Crippen LogP contribution in [0.1, 0.15) is 52.0 Å². The maximum absolute atomic E-state index is 12.3. The quantitative estimate of drug-likeness (QED) is 0.908. The molecule has 1 N–H and O–H groups in total. The summed E-state index contributed by atoms with van der Waals surface area (Å²) < 4.78 is 0. The average molecular weight is 302 g/mol. The molecule has 4 nitrogen and oxygen atoms in total. The van der Waals surface area contributed by atoms with E-state index in [2.05, 4.69) is 31.3 Å². The number of benzene rings is 1. The van der Waals surface area contributed by atoms with Gasteiger partial charge in [0.15, 0.2) is 0 Å². The van der Waals surface area contributed by atoms with Crippen molar-refractivity contribution in [2.24, 2.45) is 5.92 Å². The lowest BCUT2D eigenvalue weighted by Gasteiger charge is -2.19. The van der Waals surface area contributed by atoms with Crippen LogP contribution in [0, 0.1) is 5.92 Å². The van der Waals surface area contributed by atoms with Gasteiger partial charge < -0.3 is 10.2 Å². The Morgan fingerprint density at radius 3 is 2.73 bits per heavy atom. The predicted octanol–water partition coefficient (Wildman–Crippen LogP) is 3.08. The maximum atomic E-state index is 12.3. The van der Waals surface area contributed by atoms with Gasteiger partial charge in [-0.1, -0.05) is 32.9 Å². The van der Waals surface area contributed by atoms with Crippen LogP contribution in [-0.4, -0.2) is 24.4 Å². The van der Waals surface area contributed by atoms with E-state index >= 15 is 0 Å². The van der Waals surface area contributed by atoms with Crippen molar-refractivity contribution >= 4 is 17.5 Å². The van der Waals surface area contributed by atoms with Gasteiger partial charge in [-0.2, -0.15) is 0 Å². The minimum absolute atomic E-state index is 0.00906. The second-order valence-corrected chi connectivity index (χ2v) is 6.47. The highest BCUT2D eigenvalue weighted by Gasteiger charge is 2.35. The first-order valence-corrected chi connectivity index (χ1v) is 8.13. The van der Waals surface area contributed by atoms with E-state index < -0.39 is 0 Å². The molecule has 120 valence electrons. The molecule has 0 saturated carbocycles. The molecule has 0 unspecified atom stereocenters. The van der Waals surface area contributed by atoms with Crippen LogP contribution in [0.2, 0.25) is 0 Å². The molecule has 1 aliphatic rings. The molecule has 1 heterocycles.